The van der Waals surface area contributed by atoms with Crippen molar-refractivity contribution in [3.05, 3.63) is 36.0 Å². The maximum atomic E-state index is 12.5. The number of thiol groups is 1. The number of rotatable bonds is 9. The molecule has 0 aliphatic carbocycles. The smallest absolute Gasteiger partial charge is 0.326 e. The highest BCUT2D eigenvalue weighted by atomic mass is 32.1. The number of carboxylic acid groups (broad SMARTS) is 2. The Morgan fingerprint density at radius 2 is 1.71 bits per heavy atom. The normalized spacial score (nSPS) is 14.1. The predicted molar refractivity (Wildman–Crippen MR) is 104 cm³/mol. The van der Waals surface area contributed by atoms with Crippen LogP contribution < -0.4 is 10.6 Å². The number of nitrogens with one attached hydrogen (secondary N) is 3. The van der Waals surface area contributed by atoms with Gasteiger partial charge in [0, 0.05) is 23.5 Å². The van der Waals surface area contributed by atoms with Gasteiger partial charge in [-0.1, -0.05) is 18.2 Å². The first-order valence-corrected chi connectivity index (χ1v) is 8.99. The lowest BCUT2D eigenvalue weighted by Gasteiger charge is -2.21. The van der Waals surface area contributed by atoms with Crippen LogP contribution in [0.15, 0.2) is 30.5 Å². The molecule has 1 aromatic heterocycles. The number of carbonyl (C=O) groups is 4. The van der Waals surface area contributed by atoms with Gasteiger partial charge in [0.25, 0.3) is 0 Å². The molecular formula is C18H21N3O6S. The fraction of sp³-hybridized carbons (Fsp3) is 0.333. The summed E-state index contributed by atoms with van der Waals surface area (Å²) in [7, 11) is 0. The average Bonchev–Trinajstić information content (AvgIpc) is 3.03. The second kappa shape index (κ2) is 9.27. The van der Waals surface area contributed by atoms with E-state index >= 15 is 0 Å². The van der Waals surface area contributed by atoms with Crippen molar-refractivity contribution in [3.8, 4) is 0 Å². The number of aromatic amines is 1. The van der Waals surface area contributed by atoms with Crippen molar-refractivity contribution in [2.24, 2.45) is 0 Å². The summed E-state index contributed by atoms with van der Waals surface area (Å²) in [5.74, 6) is -4.11. The van der Waals surface area contributed by atoms with Crippen molar-refractivity contribution in [2.45, 2.75) is 37.1 Å². The minimum atomic E-state index is -1.41. The largest absolute Gasteiger partial charge is 0.481 e. The fourth-order valence-corrected chi connectivity index (χ4v) is 2.74. The lowest BCUT2D eigenvalue weighted by molar-refractivity contribution is -0.143. The number of hydrogen-bond acceptors (Lipinski definition) is 5. The first kappa shape index (κ1) is 21.3. The molecule has 10 heteroatoms. The van der Waals surface area contributed by atoms with Crippen molar-refractivity contribution >= 4 is 47.3 Å². The number of para-hydroxylation sites is 1. The number of carbonyl (C=O) groups excluding carboxylic acids is 2. The van der Waals surface area contributed by atoms with Crippen molar-refractivity contribution in [1.29, 1.82) is 0 Å². The summed E-state index contributed by atoms with van der Waals surface area (Å²) >= 11 is 3.93. The van der Waals surface area contributed by atoms with Crippen LogP contribution in [0.2, 0.25) is 0 Å². The summed E-state index contributed by atoms with van der Waals surface area (Å²) in [6, 6.07) is 4.59. The monoisotopic (exact) mass is 407 g/mol. The van der Waals surface area contributed by atoms with Crippen LogP contribution in [0.1, 0.15) is 18.9 Å². The van der Waals surface area contributed by atoms with Crippen molar-refractivity contribution in [1.82, 2.24) is 15.6 Å². The van der Waals surface area contributed by atoms with E-state index in [2.05, 4.69) is 28.2 Å². The summed E-state index contributed by atoms with van der Waals surface area (Å²) in [4.78, 5) is 49.9. The number of aromatic nitrogens is 1. The Balaban J connectivity index is 2.16. The van der Waals surface area contributed by atoms with Gasteiger partial charge in [-0.2, -0.15) is 12.6 Å². The molecule has 0 aliphatic heterocycles. The summed E-state index contributed by atoms with van der Waals surface area (Å²) in [5, 5.41) is 23.1. The van der Waals surface area contributed by atoms with E-state index < -0.39 is 47.5 Å². The standard InChI is InChI=1S/C18H21N3O6S/c1-9(28)16(24)20-13(7-15(22)23)17(25)21-14(18(26)27)6-10-8-19-12-5-3-2-4-11(10)12/h2-5,8-9,13-14,19,28H,6-7H2,1H3,(H,20,24)(H,21,25)(H,22,23)(H,26,27). The van der Waals surface area contributed by atoms with Crippen LogP contribution >= 0.6 is 12.6 Å². The number of aliphatic carboxylic acids is 2. The topological polar surface area (TPSA) is 149 Å². The maximum Gasteiger partial charge on any atom is 0.326 e. The van der Waals surface area contributed by atoms with E-state index in [0.717, 1.165) is 10.9 Å². The Morgan fingerprint density at radius 3 is 2.32 bits per heavy atom. The molecule has 150 valence electrons. The van der Waals surface area contributed by atoms with Gasteiger partial charge in [-0.15, -0.1) is 0 Å². The minimum absolute atomic E-state index is 0.0121. The summed E-state index contributed by atoms with van der Waals surface area (Å²) < 4.78 is 0. The summed E-state index contributed by atoms with van der Waals surface area (Å²) in [6.45, 7) is 1.46. The zero-order valence-electron chi connectivity index (χ0n) is 15.0. The minimum Gasteiger partial charge on any atom is -0.481 e. The molecule has 2 aromatic rings. The predicted octanol–water partition coefficient (Wildman–Crippen LogP) is 0.558. The Hall–Kier alpha value is -3.01. The molecule has 1 heterocycles. The molecule has 28 heavy (non-hydrogen) atoms. The first-order valence-electron chi connectivity index (χ1n) is 8.47. The lowest BCUT2D eigenvalue weighted by Crippen LogP contribution is -2.53. The van der Waals surface area contributed by atoms with E-state index in [0.29, 0.717) is 5.56 Å². The van der Waals surface area contributed by atoms with Crippen LogP contribution in [-0.2, 0) is 25.6 Å². The van der Waals surface area contributed by atoms with Crippen molar-refractivity contribution in [2.75, 3.05) is 0 Å². The Morgan fingerprint density at radius 1 is 1.07 bits per heavy atom. The van der Waals surface area contributed by atoms with Crippen molar-refractivity contribution in [3.63, 3.8) is 0 Å². The second-order valence-electron chi connectivity index (χ2n) is 6.30. The third-order valence-electron chi connectivity index (χ3n) is 4.10. The van der Waals surface area contributed by atoms with Gasteiger partial charge in [-0.3, -0.25) is 14.4 Å². The Kier molecular flexibility index (Phi) is 7.05. The molecule has 9 nitrogen and oxygen atoms in total. The van der Waals surface area contributed by atoms with Crippen molar-refractivity contribution < 1.29 is 29.4 Å². The van der Waals surface area contributed by atoms with E-state index in [9.17, 15) is 24.3 Å². The molecule has 0 saturated heterocycles. The molecule has 0 radical (unpaired) electrons. The summed E-state index contributed by atoms with van der Waals surface area (Å²) in [6.07, 6.45) is 0.963. The highest BCUT2D eigenvalue weighted by Crippen LogP contribution is 2.19. The molecule has 1 aromatic carbocycles. The molecule has 5 N–H and O–H groups in total. The van der Waals surface area contributed by atoms with Gasteiger partial charge in [0.1, 0.15) is 12.1 Å². The molecule has 3 unspecified atom stereocenters. The van der Waals surface area contributed by atoms with Gasteiger partial charge < -0.3 is 25.8 Å². The molecule has 3 atom stereocenters. The molecule has 0 fully saturated rings. The second-order valence-corrected chi connectivity index (χ2v) is 7.07. The SMILES string of the molecule is CC(S)C(=O)NC(CC(=O)O)C(=O)NC(Cc1c[nH]c2ccccc12)C(=O)O. The molecule has 2 rings (SSSR count). The number of fused-ring (bicyclic) bond motifs is 1. The van der Waals surface area contributed by atoms with Gasteiger partial charge in [-0.25, -0.2) is 4.79 Å². The number of carboxylic acids is 2. The lowest BCUT2D eigenvalue weighted by atomic mass is 10.0. The average molecular weight is 407 g/mol. The molecular weight excluding hydrogens is 386 g/mol. The van der Waals surface area contributed by atoms with Gasteiger partial charge in [0.05, 0.1) is 11.7 Å². The molecule has 2 amide bonds. The van der Waals surface area contributed by atoms with Gasteiger partial charge in [-0.05, 0) is 18.6 Å². The first-order chi connectivity index (χ1) is 13.2. The number of benzene rings is 1. The third kappa shape index (κ3) is 5.49. The highest BCUT2D eigenvalue weighted by Gasteiger charge is 2.29. The van der Waals surface area contributed by atoms with Crippen LogP contribution in [0.3, 0.4) is 0 Å². The maximum absolute atomic E-state index is 12.5. The summed E-state index contributed by atoms with van der Waals surface area (Å²) in [5.41, 5.74) is 1.51. The third-order valence-corrected chi connectivity index (χ3v) is 4.34. The van der Waals surface area contributed by atoms with E-state index in [1.54, 1.807) is 6.20 Å². The van der Waals surface area contributed by atoms with E-state index in [4.69, 9.17) is 5.11 Å². The Labute approximate surface area is 165 Å². The van der Waals surface area contributed by atoms with E-state index in [1.807, 2.05) is 24.3 Å². The molecule has 0 bridgehead atoms. The number of amides is 2. The van der Waals surface area contributed by atoms with Crippen LogP contribution in [-0.4, -0.2) is 56.3 Å². The van der Waals surface area contributed by atoms with Crippen LogP contribution in [0.5, 0.6) is 0 Å². The number of H-pyrrole nitrogens is 1. The molecule has 0 saturated carbocycles. The van der Waals surface area contributed by atoms with Gasteiger partial charge in [0.15, 0.2) is 0 Å². The van der Waals surface area contributed by atoms with Gasteiger partial charge >= 0.3 is 11.9 Å². The Bertz CT molecular complexity index is 894. The quantitative estimate of drug-likeness (QED) is 0.335. The fourth-order valence-electron chi connectivity index (χ4n) is 2.67. The van der Waals surface area contributed by atoms with Gasteiger partial charge in [0.2, 0.25) is 11.8 Å². The van der Waals surface area contributed by atoms with Crippen LogP contribution in [0.25, 0.3) is 10.9 Å². The zero-order valence-corrected chi connectivity index (χ0v) is 15.9. The molecule has 0 spiro atoms. The van der Waals surface area contributed by atoms with E-state index in [-0.39, 0.29) is 6.42 Å². The highest BCUT2D eigenvalue weighted by molar-refractivity contribution is 7.81. The zero-order chi connectivity index (χ0) is 20.8. The van der Waals surface area contributed by atoms with Crippen LogP contribution in [0.4, 0.5) is 0 Å². The number of hydrogen-bond donors (Lipinski definition) is 6. The molecule has 0 aliphatic rings. The van der Waals surface area contributed by atoms with E-state index in [1.165, 1.54) is 6.92 Å². The van der Waals surface area contributed by atoms with Crippen LogP contribution in [0, 0.1) is 0 Å².